The van der Waals surface area contributed by atoms with Gasteiger partial charge in [-0.1, -0.05) is 20.8 Å². The zero-order valence-electron chi connectivity index (χ0n) is 19.7. The molecule has 0 spiro atoms. The molecular formula is C23H45NO5. The molecule has 1 N–H and O–H groups in total. The molecule has 0 aromatic rings. The first kappa shape index (κ1) is 27.9. The molecule has 0 saturated carbocycles. The predicted molar refractivity (Wildman–Crippen MR) is 117 cm³/mol. The number of aliphatic hydroxyl groups is 1. The summed E-state index contributed by atoms with van der Waals surface area (Å²) in [5, 5.41) is 8.88. The van der Waals surface area contributed by atoms with Crippen LogP contribution in [0.3, 0.4) is 0 Å². The molecule has 0 unspecified atom stereocenters. The second-order valence-corrected chi connectivity index (χ2v) is 9.90. The van der Waals surface area contributed by atoms with E-state index >= 15 is 0 Å². The molecule has 6 heteroatoms. The van der Waals surface area contributed by atoms with E-state index in [9.17, 15) is 9.59 Å². The number of esters is 2. The van der Waals surface area contributed by atoms with Gasteiger partial charge in [-0.05, 0) is 71.3 Å². The lowest BCUT2D eigenvalue weighted by Gasteiger charge is -2.35. The van der Waals surface area contributed by atoms with E-state index in [2.05, 4.69) is 46.4 Å². The van der Waals surface area contributed by atoms with Crippen LogP contribution in [0.1, 0.15) is 92.9 Å². The third kappa shape index (κ3) is 17.4. The van der Waals surface area contributed by atoms with Gasteiger partial charge < -0.3 is 14.6 Å². The standard InChI is InChI=1S/C23H45NO5/c1-22(2,3)14-12-20(26)28-18-10-11-19-29-21(27)13-16-24(23(4,5)6)15-8-7-9-17-25/h25H,7-19H2,1-6H3. The summed E-state index contributed by atoms with van der Waals surface area (Å²) in [7, 11) is 0. The van der Waals surface area contributed by atoms with Gasteiger partial charge in [0.25, 0.3) is 0 Å². The number of rotatable bonds is 15. The van der Waals surface area contributed by atoms with Gasteiger partial charge in [-0.3, -0.25) is 14.5 Å². The summed E-state index contributed by atoms with van der Waals surface area (Å²) in [4.78, 5) is 25.9. The second kappa shape index (κ2) is 14.8. The van der Waals surface area contributed by atoms with Gasteiger partial charge in [0, 0.05) is 25.1 Å². The quantitative estimate of drug-likeness (QED) is 0.317. The fourth-order valence-electron chi connectivity index (χ4n) is 2.80. The van der Waals surface area contributed by atoms with Crippen LogP contribution in [-0.2, 0) is 19.1 Å². The summed E-state index contributed by atoms with van der Waals surface area (Å²) < 4.78 is 10.5. The van der Waals surface area contributed by atoms with E-state index in [1.54, 1.807) is 0 Å². The van der Waals surface area contributed by atoms with Crippen LogP contribution in [0, 0.1) is 5.41 Å². The smallest absolute Gasteiger partial charge is 0.307 e. The van der Waals surface area contributed by atoms with Crippen molar-refractivity contribution in [2.75, 3.05) is 32.9 Å². The zero-order valence-corrected chi connectivity index (χ0v) is 19.7. The van der Waals surface area contributed by atoms with Crippen LogP contribution in [0.15, 0.2) is 0 Å². The minimum absolute atomic E-state index is 0.00361. The third-order valence-electron chi connectivity index (χ3n) is 4.76. The highest BCUT2D eigenvalue weighted by Crippen LogP contribution is 2.20. The van der Waals surface area contributed by atoms with Crippen molar-refractivity contribution >= 4 is 11.9 Å². The molecule has 0 radical (unpaired) electrons. The van der Waals surface area contributed by atoms with Crippen molar-refractivity contribution in [2.45, 2.75) is 98.4 Å². The molecule has 0 aromatic heterocycles. The topological polar surface area (TPSA) is 76.1 Å². The van der Waals surface area contributed by atoms with Gasteiger partial charge in [0.1, 0.15) is 0 Å². The van der Waals surface area contributed by atoms with Crippen molar-refractivity contribution in [2.24, 2.45) is 5.41 Å². The number of nitrogens with zero attached hydrogens (tertiary/aromatic N) is 1. The number of aliphatic hydroxyl groups excluding tert-OH is 1. The fourth-order valence-corrected chi connectivity index (χ4v) is 2.80. The molecular weight excluding hydrogens is 370 g/mol. The van der Waals surface area contributed by atoms with Crippen LogP contribution in [0.4, 0.5) is 0 Å². The van der Waals surface area contributed by atoms with Crippen LogP contribution in [0.2, 0.25) is 0 Å². The molecule has 0 aliphatic carbocycles. The molecule has 0 aromatic carbocycles. The first-order chi connectivity index (χ1) is 13.5. The zero-order chi connectivity index (χ0) is 22.3. The Hall–Kier alpha value is -1.14. The van der Waals surface area contributed by atoms with Gasteiger partial charge >= 0.3 is 11.9 Å². The summed E-state index contributed by atoms with van der Waals surface area (Å²) in [6, 6.07) is 0. The predicted octanol–water partition coefficient (Wildman–Crippen LogP) is 4.33. The van der Waals surface area contributed by atoms with Gasteiger partial charge in [0.2, 0.25) is 0 Å². The number of hydrogen-bond acceptors (Lipinski definition) is 6. The Morgan fingerprint density at radius 1 is 0.759 bits per heavy atom. The van der Waals surface area contributed by atoms with Crippen molar-refractivity contribution in [1.82, 2.24) is 4.90 Å². The SMILES string of the molecule is CC(C)(C)CCC(=O)OCCCCOC(=O)CCN(CCCCCO)C(C)(C)C. The van der Waals surface area contributed by atoms with Crippen LogP contribution in [0.25, 0.3) is 0 Å². The maximum atomic E-state index is 12.0. The second-order valence-electron chi connectivity index (χ2n) is 9.90. The highest BCUT2D eigenvalue weighted by molar-refractivity contribution is 5.69. The molecule has 0 atom stereocenters. The Labute approximate surface area is 178 Å². The lowest BCUT2D eigenvalue weighted by atomic mass is 9.91. The maximum absolute atomic E-state index is 12.0. The lowest BCUT2D eigenvalue weighted by molar-refractivity contribution is -0.146. The first-order valence-electron chi connectivity index (χ1n) is 11.1. The average Bonchev–Trinajstić information content (AvgIpc) is 2.60. The molecule has 0 amide bonds. The molecule has 6 nitrogen and oxygen atoms in total. The van der Waals surface area contributed by atoms with Gasteiger partial charge in [0.05, 0.1) is 19.6 Å². The molecule has 0 saturated heterocycles. The van der Waals surface area contributed by atoms with E-state index in [0.717, 1.165) is 32.2 Å². The molecule has 0 bridgehead atoms. The van der Waals surface area contributed by atoms with Crippen molar-refractivity contribution < 1.29 is 24.2 Å². The number of carbonyl (C=O) groups excluding carboxylic acids is 2. The minimum atomic E-state index is -0.184. The summed E-state index contributed by atoms with van der Waals surface area (Å²) in [5.41, 5.74) is 0.131. The third-order valence-corrected chi connectivity index (χ3v) is 4.76. The molecule has 0 aliphatic rings. The van der Waals surface area contributed by atoms with E-state index in [1.807, 2.05) is 0 Å². The molecule has 0 aliphatic heterocycles. The molecule has 29 heavy (non-hydrogen) atoms. The Morgan fingerprint density at radius 3 is 1.79 bits per heavy atom. The number of hydrogen-bond donors (Lipinski definition) is 1. The minimum Gasteiger partial charge on any atom is -0.466 e. The summed E-state index contributed by atoms with van der Waals surface area (Å²) in [5.74, 6) is -0.338. The number of ether oxygens (including phenoxy) is 2. The highest BCUT2D eigenvalue weighted by atomic mass is 16.5. The van der Waals surface area contributed by atoms with Crippen LogP contribution < -0.4 is 0 Å². The van der Waals surface area contributed by atoms with Crippen LogP contribution in [-0.4, -0.2) is 60.4 Å². The van der Waals surface area contributed by atoms with E-state index in [0.29, 0.717) is 45.4 Å². The van der Waals surface area contributed by atoms with Crippen molar-refractivity contribution in [1.29, 1.82) is 0 Å². The number of unbranched alkanes of at least 4 members (excludes halogenated alkanes) is 3. The van der Waals surface area contributed by atoms with E-state index in [4.69, 9.17) is 14.6 Å². The van der Waals surface area contributed by atoms with Crippen molar-refractivity contribution in [3.63, 3.8) is 0 Å². The van der Waals surface area contributed by atoms with E-state index < -0.39 is 0 Å². The monoisotopic (exact) mass is 415 g/mol. The highest BCUT2D eigenvalue weighted by Gasteiger charge is 2.21. The summed E-state index contributed by atoms with van der Waals surface area (Å²) in [6.45, 7) is 15.3. The molecule has 0 fully saturated rings. The Bertz CT molecular complexity index is 451. The summed E-state index contributed by atoms with van der Waals surface area (Å²) in [6.07, 6.45) is 5.87. The van der Waals surface area contributed by atoms with Crippen molar-refractivity contribution in [3.8, 4) is 0 Å². The Morgan fingerprint density at radius 2 is 1.31 bits per heavy atom. The van der Waals surface area contributed by atoms with Gasteiger partial charge in [-0.15, -0.1) is 0 Å². The Kier molecular flexibility index (Phi) is 14.2. The fraction of sp³-hybridized carbons (Fsp3) is 0.913. The van der Waals surface area contributed by atoms with Crippen LogP contribution in [0.5, 0.6) is 0 Å². The normalized spacial score (nSPS) is 12.3. The number of carbonyl (C=O) groups is 2. The van der Waals surface area contributed by atoms with Crippen LogP contribution >= 0.6 is 0 Å². The van der Waals surface area contributed by atoms with Crippen molar-refractivity contribution in [3.05, 3.63) is 0 Å². The van der Waals surface area contributed by atoms with Gasteiger partial charge in [-0.2, -0.15) is 0 Å². The Balaban J connectivity index is 3.87. The van der Waals surface area contributed by atoms with E-state index in [-0.39, 0.29) is 29.5 Å². The lowest BCUT2D eigenvalue weighted by Crippen LogP contribution is -2.43. The molecule has 0 rings (SSSR count). The molecule has 172 valence electrons. The largest absolute Gasteiger partial charge is 0.466 e. The molecule has 0 heterocycles. The van der Waals surface area contributed by atoms with Gasteiger partial charge in [0.15, 0.2) is 0 Å². The average molecular weight is 416 g/mol. The van der Waals surface area contributed by atoms with E-state index in [1.165, 1.54) is 0 Å². The summed E-state index contributed by atoms with van der Waals surface area (Å²) >= 11 is 0. The first-order valence-corrected chi connectivity index (χ1v) is 11.1. The maximum Gasteiger partial charge on any atom is 0.307 e. The van der Waals surface area contributed by atoms with Gasteiger partial charge in [-0.25, -0.2) is 0 Å².